The standard InChI is InChI=1S/C13H21N3O2/c1-2-17-11-7-10(13(11)5-3-4-6-13)14-8-12-15-9-18-16-12/h9-11,14H,2-8H2,1H3. The largest absolute Gasteiger partial charge is 0.378 e. The fraction of sp³-hybridized carbons (Fsp3) is 0.846. The third-order valence-corrected chi connectivity index (χ3v) is 4.60. The van der Waals surface area contributed by atoms with Gasteiger partial charge in [-0.3, -0.25) is 0 Å². The molecule has 5 nitrogen and oxygen atoms in total. The van der Waals surface area contributed by atoms with Gasteiger partial charge in [-0.05, 0) is 26.2 Å². The van der Waals surface area contributed by atoms with E-state index >= 15 is 0 Å². The van der Waals surface area contributed by atoms with E-state index in [1.165, 1.54) is 32.1 Å². The predicted octanol–water partition coefficient (Wildman–Crippen LogP) is 1.90. The average molecular weight is 251 g/mol. The van der Waals surface area contributed by atoms with Gasteiger partial charge in [0.15, 0.2) is 5.82 Å². The molecule has 100 valence electrons. The molecule has 1 aromatic rings. The fourth-order valence-electron chi connectivity index (χ4n) is 3.66. The summed E-state index contributed by atoms with van der Waals surface area (Å²) in [7, 11) is 0. The summed E-state index contributed by atoms with van der Waals surface area (Å²) in [5.41, 5.74) is 0.375. The second kappa shape index (κ2) is 4.97. The van der Waals surface area contributed by atoms with Crippen LogP contribution in [0, 0.1) is 5.41 Å². The summed E-state index contributed by atoms with van der Waals surface area (Å²) in [5, 5.41) is 7.41. The minimum absolute atomic E-state index is 0.375. The minimum Gasteiger partial charge on any atom is -0.378 e. The number of nitrogens with zero attached hydrogens (tertiary/aromatic N) is 2. The molecule has 1 N–H and O–H groups in total. The topological polar surface area (TPSA) is 60.2 Å². The number of ether oxygens (including phenoxy) is 1. The van der Waals surface area contributed by atoms with Gasteiger partial charge in [0.25, 0.3) is 0 Å². The van der Waals surface area contributed by atoms with E-state index < -0.39 is 0 Å². The van der Waals surface area contributed by atoms with E-state index in [9.17, 15) is 0 Å². The molecule has 0 saturated heterocycles. The molecule has 1 aromatic heterocycles. The Morgan fingerprint density at radius 3 is 3.00 bits per heavy atom. The zero-order valence-electron chi connectivity index (χ0n) is 10.9. The van der Waals surface area contributed by atoms with Crippen molar-refractivity contribution < 1.29 is 9.26 Å². The maximum atomic E-state index is 5.89. The highest BCUT2D eigenvalue weighted by Gasteiger charge is 2.56. The van der Waals surface area contributed by atoms with E-state index in [1.807, 2.05) is 0 Å². The van der Waals surface area contributed by atoms with Crippen molar-refractivity contribution in [3.8, 4) is 0 Å². The van der Waals surface area contributed by atoms with Crippen molar-refractivity contribution in [3.05, 3.63) is 12.2 Å². The molecule has 0 radical (unpaired) electrons. The SMILES string of the molecule is CCOC1CC(NCc2ncon2)C12CCCC2. The van der Waals surface area contributed by atoms with E-state index in [-0.39, 0.29) is 0 Å². The summed E-state index contributed by atoms with van der Waals surface area (Å²) in [6, 6.07) is 0.551. The Morgan fingerprint density at radius 1 is 1.50 bits per heavy atom. The molecule has 5 heteroatoms. The lowest BCUT2D eigenvalue weighted by Gasteiger charge is -2.54. The smallest absolute Gasteiger partial charge is 0.213 e. The van der Waals surface area contributed by atoms with Crippen LogP contribution in [0.25, 0.3) is 0 Å². The van der Waals surface area contributed by atoms with Gasteiger partial charge in [-0.25, -0.2) is 0 Å². The molecule has 2 aliphatic rings. The lowest BCUT2D eigenvalue weighted by atomic mass is 9.60. The zero-order chi connectivity index (χ0) is 12.4. The van der Waals surface area contributed by atoms with Crippen LogP contribution in [0.5, 0.6) is 0 Å². The molecule has 2 unspecified atom stereocenters. The van der Waals surface area contributed by atoms with E-state index in [2.05, 4.69) is 22.4 Å². The third-order valence-electron chi connectivity index (χ3n) is 4.60. The summed E-state index contributed by atoms with van der Waals surface area (Å²) in [6.07, 6.45) is 8.21. The summed E-state index contributed by atoms with van der Waals surface area (Å²) < 4.78 is 10.6. The summed E-state index contributed by atoms with van der Waals surface area (Å²) in [6.45, 7) is 3.61. The maximum Gasteiger partial charge on any atom is 0.213 e. The average Bonchev–Trinajstić information content (AvgIpc) is 3.03. The highest BCUT2D eigenvalue weighted by molar-refractivity contribution is 5.10. The lowest BCUT2D eigenvalue weighted by Crippen LogP contribution is -2.62. The fourth-order valence-corrected chi connectivity index (χ4v) is 3.66. The molecule has 0 aliphatic heterocycles. The molecule has 18 heavy (non-hydrogen) atoms. The first-order valence-electron chi connectivity index (χ1n) is 6.95. The van der Waals surface area contributed by atoms with Crippen LogP contribution >= 0.6 is 0 Å². The molecule has 0 bridgehead atoms. The summed E-state index contributed by atoms with van der Waals surface area (Å²) in [4.78, 5) is 4.05. The Bertz CT molecular complexity index is 374. The highest BCUT2D eigenvalue weighted by atomic mass is 16.5. The molecule has 2 atom stereocenters. The molecule has 2 aliphatic carbocycles. The Morgan fingerprint density at radius 2 is 2.33 bits per heavy atom. The van der Waals surface area contributed by atoms with Gasteiger partial charge in [-0.15, -0.1) is 0 Å². The first kappa shape index (κ1) is 12.1. The lowest BCUT2D eigenvalue weighted by molar-refractivity contribution is -0.130. The van der Waals surface area contributed by atoms with Crippen LogP contribution in [0.3, 0.4) is 0 Å². The predicted molar refractivity (Wildman–Crippen MR) is 65.9 cm³/mol. The highest BCUT2D eigenvalue weighted by Crippen LogP contribution is 2.54. The monoisotopic (exact) mass is 251 g/mol. The number of aromatic nitrogens is 2. The van der Waals surface area contributed by atoms with Crippen LogP contribution in [0.4, 0.5) is 0 Å². The van der Waals surface area contributed by atoms with Crippen molar-refractivity contribution in [2.45, 2.75) is 57.7 Å². The van der Waals surface area contributed by atoms with E-state index in [0.717, 1.165) is 18.9 Å². The maximum absolute atomic E-state index is 5.89. The van der Waals surface area contributed by atoms with Gasteiger partial charge in [-0.2, -0.15) is 4.98 Å². The van der Waals surface area contributed by atoms with Crippen LogP contribution in [0.2, 0.25) is 0 Å². The first-order chi connectivity index (χ1) is 8.85. The second-order valence-electron chi connectivity index (χ2n) is 5.40. The molecule has 0 amide bonds. The van der Waals surface area contributed by atoms with Gasteiger partial charge in [0, 0.05) is 18.1 Å². The Balaban J connectivity index is 1.59. The molecule has 1 heterocycles. The number of hydrogen-bond acceptors (Lipinski definition) is 5. The Hall–Kier alpha value is -0.940. The van der Waals surface area contributed by atoms with Crippen molar-refractivity contribution >= 4 is 0 Å². The Labute approximate surface area is 107 Å². The van der Waals surface area contributed by atoms with Gasteiger partial charge >= 0.3 is 0 Å². The summed E-state index contributed by atoms with van der Waals surface area (Å²) >= 11 is 0. The van der Waals surface area contributed by atoms with Crippen molar-refractivity contribution in [2.75, 3.05) is 6.61 Å². The zero-order valence-corrected chi connectivity index (χ0v) is 10.9. The van der Waals surface area contributed by atoms with Crippen molar-refractivity contribution in [1.82, 2.24) is 15.5 Å². The minimum atomic E-state index is 0.375. The van der Waals surface area contributed by atoms with Crippen LogP contribution in [0.1, 0.15) is 44.9 Å². The van der Waals surface area contributed by atoms with Crippen LogP contribution in [-0.4, -0.2) is 28.9 Å². The van der Waals surface area contributed by atoms with Crippen molar-refractivity contribution in [1.29, 1.82) is 0 Å². The van der Waals surface area contributed by atoms with Gasteiger partial charge in [-0.1, -0.05) is 18.0 Å². The molecule has 3 rings (SSSR count). The molecule has 2 saturated carbocycles. The summed E-state index contributed by atoms with van der Waals surface area (Å²) in [5.74, 6) is 0.739. The molecular weight excluding hydrogens is 230 g/mol. The quantitative estimate of drug-likeness (QED) is 0.866. The third kappa shape index (κ3) is 1.95. The molecule has 1 spiro atoms. The normalized spacial score (nSPS) is 29.6. The van der Waals surface area contributed by atoms with Gasteiger partial charge in [0.1, 0.15) is 0 Å². The molecular formula is C13H21N3O2. The van der Waals surface area contributed by atoms with Crippen LogP contribution < -0.4 is 5.32 Å². The van der Waals surface area contributed by atoms with Crippen molar-refractivity contribution in [3.63, 3.8) is 0 Å². The number of rotatable bonds is 5. The van der Waals surface area contributed by atoms with Gasteiger partial charge < -0.3 is 14.6 Å². The molecule has 2 fully saturated rings. The van der Waals surface area contributed by atoms with Crippen LogP contribution in [-0.2, 0) is 11.3 Å². The Kier molecular flexibility index (Phi) is 3.35. The van der Waals surface area contributed by atoms with Crippen molar-refractivity contribution in [2.24, 2.45) is 5.41 Å². The van der Waals surface area contributed by atoms with Gasteiger partial charge in [0.2, 0.25) is 6.39 Å². The van der Waals surface area contributed by atoms with Gasteiger partial charge in [0.05, 0.1) is 12.6 Å². The molecule has 0 aromatic carbocycles. The first-order valence-corrected chi connectivity index (χ1v) is 6.95. The number of hydrogen-bond donors (Lipinski definition) is 1. The number of nitrogens with one attached hydrogen (secondary N) is 1. The second-order valence-corrected chi connectivity index (χ2v) is 5.40. The van der Waals surface area contributed by atoms with E-state index in [0.29, 0.717) is 24.1 Å². The van der Waals surface area contributed by atoms with Crippen LogP contribution in [0.15, 0.2) is 10.9 Å². The van der Waals surface area contributed by atoms with E-state index in [1.54, 1.807) is 0 Å². The van der Waals surface area contributed by atoms with E-state index in [4.69, 9.17) is 9.26 Å².